The van der Waals surface area contributed by atoms with E-state index in [1.165, 1.54) is 5.56 Å². The second kappa shape index (κ2) is 5.73. The first-order valence-electron chi connectivity index (χ1n) is 7.79. The monoisotopic (exact) mass is 309 g/mol. The maximum absolute atomic E-state index is 12.6. The standard InChI is InChI=1S/C17H27NO2S/c1-6-9-18-15-10-12(2)21(19,20)16-8-7-13(11-14(15)16)17(3,4)5/h7-8,11-12,15,18H,6,9-10H2,1-5H3. The number of sulfone groups is 1. The van der Waals surface area contributed by atoms with E-state index in [0.717, 1.165) is 18.5 Å². The molecule has 1 aliphatic heterocycles. The highest BCUT2D eigenvalue weighted by Crippen LogP contribution is 2.38. The molecule has 21 heavy (non-hydrogen) atoms. The Balaban J connectivity index is 2.54. The summed E-state index contributed by atoms with van der Waals surface area (Å²) in [5.74, 6) is 0. The molecule has 0 saturated carbocycles. The van der Waals surface area contributed by atoms with Crippen molar-refractivity contribution >= 4 is 9.84 Å². The molecule has 1 N–H and O–H groups in total. The topological polar surface area (TPSA) is 46.2 Å². The largest absolute Gasteiger partial charge is 0.310 e. The molecule has 0 spiro atoms. The molecule has 2 rings (SSSR count). The highest BCUT2D eigenvalue weighted by atomic mass is 32.2. The first-order chi connectivity index (χ1) is 9.67. The molecule has 1 heterocycles. The third-order valence-corrected chi connectivity index (χ3v) is 6.53. The molecule has 0 amide bonds. The van der Waals surface area contributed by atoms with Crippen LogP contribution < -0.4 is 5.32 Å². The van der Waals surface area contributed by atoms with Crippen LogP contribution in [0.3, 0.4) is 0 Å². The summed E-state index contributed by atoms with van der Waals surface area (Å²) in [4.78, 5) is 0.517. The maximum Gasteiger partial charge on any atom is 0.181 e. The van der Waals surface area contributed by atoms with Crippen LogP contribution in [0.4, 0.5) is 0 Å². The van der Waals surface area contributed by atoms with Gasteiger partial charge in [-0.2, -0.15) is 0 Å². The average molecular weight is 309 g/mol. The van der Waals surface area contributed by atoms with E-state index < -0.39 is 9.84 Å². The van der Waals surface area contributed by atoms with Crippen LogP contribution in [0, 0.1) is 0 Å². The highest BCUT2D eigenvalue weighted by molar-refractivity contribution is 7.92. The zero-order chi connectivity index (χ0) is 15.8. The summed E-state index contributed by atoms with van der Waals surface area (Å²) < 4.78 is 25.1. The van der Waals surface area contributed by atoms with Crippen molar-refractivity contribution < 1.29 is 8.42 Å². The molecular weight excluding hydrogens is 282 g/mol. The summed E-state index contributed by atoms with van der Waals surface area (Å²) in [7, 11) is -3.18. The highest BCUT2D eigenvalue weighted by Gasteiger charge is 2.36. The van der Waals surface area contributed by atoms with Crippen LogP contribution >= 0.6 is 0 Å². The minimum absolute atomic E-state index is 0.0250. The SMILES string of the molecule is CCCNC1CC(C)S(=O)(=O)c2ccc(C(C)(C)C)cc21. The van der Waals surface area contributed by atoms with Crippen molar-refractivity contribution in [2.24, 2.45) is 0 Å². The summed E-state index contributed by atoms with van der Waals surface area (Å²) >= 11 is 0. The number of nitrogens with one attached hydrogen (secondary N) is 1. The zero-order valence-corrected chi connectivity index (χ0v) is 14.5. The first-order valence-corrected chi connectivity index (χ1v) is 9.34. The normalized spacial score (nSPS) is 24.6. The molecule has 0 fully saturated rings. The van der Waals surface area contributed by atoms with E-state index in [1.54, 1.807) is 0 Å². The molecule has 0 radical (unpaired) electrons. The van der Waals surface area contributed by atoms with E-state index in [0.29, 0.717) is 11.3 Å². The molecule has 118 valence electrons. The van der Waals surface area contributed by atoms with Gasteiger partial charge in [0.1, 0.15) is 0 Å². The quantitative estimate of drug-likeness (QED) is 0.928. The molecule has 0 saturated heterocycles. The summed E-state index contributed by atoms with van der Waals surface area (Å²) in [5.41, 5.74) is 2.17. The van der Waals surface area contributed by atoms with Gasteiger partial charge in [-0.1, -0.05) is 39.8 Å². The Morgan fingerprint density at radius 1 is 1.29 bits per heavy atom. The van der Waals surface area contributed by atoms with Gasteiger partial charge in [0.2, 0.25) is 0 Å². The van der Waals surface area contributed by atoms with E-state index >= 15 is 0 Å². The summed E-state index contributed by atoms with van der Waals surface area (Å²) in [6.45, 7) is 11.3. The lowest BCUT2D eigenvalue weighted by atomic mass is 9.85. The third-order valence-electron chi connectivity index (χ3n) is 4.30. The van der Waals surface area contributed by atoms with Crippen molar-refractivity contribution in [2.45, 2.75) is 69.1 Å². The molecule has 3 nitrogen and oxygen atoms in total. The van der Waals surface area contributed by atoms with Crippen molar-refractivity contribution in [3.63, 3.8) is 0 Å². The smallest absolute Gasteiger partial charge is 0.181 e. The third kappa shape index (κ3) is 3.16. The first kappa shape index (κ1) is 16.5. The van der Waals surface area contributed by atoms with Crippen molar-refractivity contribution in [1.29, 1.82) is 0 Å². The summed E-state index contributed by atoms with van der Waals surface area (Å²) in [5, 5.41) is 3.19. The number of hydrogen-bond acceptors (Lipinski definition) is 3. The minimum atomic E-state index is -3.18. The van der Waals surface area contributed by atoms with Crippen LogP contribution in [-0.4, -0.2) is 20.2 Å². The van der Waals surface area contributed by atoms with Crippen LogP contribution in [0.25, 0.3) is 0 Å². The Kier molecular flexibility index (Phi) is 4.50. The van der Waals surface area contributed by atoms with E-state index in [4.69, 9.17) is 0 Å². The minimum Gasteiger partial charge on any atom is -0.310 e. The summed E-state index contributed by atoms with van der Waals surface area (Å²) in [6.07, 6.45) is 1.70. The van der Waals surface area contributed by atoms with Gasteiger partial charge in [-0.05, 0) is 48.9 Å². The fourth-order valence-electron chi connectivity index (χ4n) is 2.86. The summed E-state index contributed by atoms with van der Waals surface area (Å²) in [6, 6.07) is 6.00. The average Bonchev–Trinajstić information content (AvgIpc) is 2.40. The van der Waals surface area contributed by atoms with Gasteiger partial charge in [-0.25, -0.2) is 8.42 Å². The van der Waals surface area contributed by atoms with Gasteiger partial charge in [-0.3, -0.25) is 0 Å². The van der Waals surface area contributed by atoms with Crippen LogP contribution in [0.1, 0.15) is 64.6 Å². The van der Waals surface area contributed by atoms with Crippen LogP contribution in [0.2, 0.25) is 0 Å². The van der Waals surface area contributed by atoms with Crippen LogP contribution in [-0.2, 0) is 15.3 Å². The maximum atomic E-state index is 12.6. The Hall–Kier alpha value is -0.870. The number of rotatable bonds is 3. The molecular formula is C17H27NO2S. The van der Waals surface area contributed by atoms with E-state index in [1.807, 2.05) is 19.1 Å². The lowest BCUT2D eigenvalue weighted by Gasteiger charge is -2.32. The zero-order valence-electron chi connectivity index (χ0n) is 13.7. The molecule has 2 atom stereocenters. The van der Waals surface area contributed by atoms with E-state index in [-0.39, 0.29) is 16.7 Å². The number of fused-ring (bicyclic) bond motifs is 1. The fraction of sp³-hybridized carbons (Fsp3) is 0.647. The second-order valence-corrected chi connectivity index (χ2v) is 9.44. The van der Waals surface area contributed by atoms with Gasteiger partial charge in [0.15, 0.2) is 9.84 Å². The van der Waals surface area contributed by atoms with Gasteiger partial charge in [0.25, 0.3) is 0 Å². The molecule has 1 aliphatic rings. The van der Waals surface area contributed by atoms with Gasteiger partial charge in [-0.15, -0.1) is 0 Å². The molecule has 1 aromatic carbocycles. The van der Waals surface area contributed by atoms with Crippen LogP contribution in [0.5, 0.6) is 0 Å². The number of hydrogen-bond donors (Lipinski definition) is 1. The molecule has 0 bridgehead atoms. The Morgan fingerprint density at radius 3 is 2.52 bits per heavy atom. The van der Waals surface area contributed by atoms with Crippen molar-refractivity contribution in [3.8, 4) is 0 Å². The predicted molar refractivity (Wildman–Crippen MR) is 87.4 cm³/mol. The molecule has 4 heteroatoms. The Labute approximate surface area is 129 Å². The lowest BCUT2D eigenvalue weighted by Crippen LogP contribution is -2.35. The lowest BCUT2D eigenvalue weighted by molar-refractivity contribution is 0.461. The van der Waals surface area contributed by atoms with Crippen molar-refractivity contribution in [3.05, 3.63) is 29.3 Å². The number of benzene rings is 1. The second-order valence-electron chi connectivity index (χ2n) is 7.10. The molecule has 0 aliphatic carbocycles. The van der Waals surface area contributed by atoms with Crippen molar-refractivity contribution in [1.82, 2.24) is 5.32 Å². The molecule has 2 unspecified atom stereocenters. The predicted octanol–water partition coefficient (Wildman–Crippen LogP) is 3.59. The van der Waals surface area contributed by atoms with E-state index in [2.05, 4.69) is 39.1 Å². The fourth-order valence-corrected chi connectivity index (χ4v) is 4.53. The molecule has 1 aromatic rings. The van der Waals surface area contributed by atoms with Gasteiger partial charge in [0, 0.05) is 6.04 Å². The van der Waals surface area contributed by atoms with Crippen LogP contribution in [0.15, 0.2) is 23.1 Å². The molecule has 0 aromatic heterocycles. The van der Waals surface area contributed by atoms with Gasteiger partial charge in [0.05, 0.1) is 10.1 Å². The van der Waals surface area contributed by atoms with Gasteiger partial charge >= 0.3 is 0 Å². The van der Waals surface area contributed by atoms with Gasteiger partial charge < -0.3 is 5.32 Å². The Morgan fingerprint density at radius 2 is 1.95 bits per heavy atom. The van der Waals surface area contributed by atoms with Crippen molar-refractivity contribution in [2.75, 3.05) is 6.54 Å². The van der Waals surface area contributed by atoms with E-state index in [9.17, 15) is 8.42 Å². The Bertz CT molecular complexity index is 614.